The number of nitrogens with two attached hydrogens (primary N) is 1. The normalized spacial score (nSPS) is 9.64. The molecule has 0 atom stereocenters. The fraction of sp³-hybridized carbons (Fsp3) is 0.222. The van der Waals surface area contributed by atoms with E-state index in [0.717, 1.165) is 7.11 Å². The van der Waals surface area contributed by atoms with Crippen molar-refractivity contribution in [3.05, 3.63) is 23.5 Å². The first-order valence-electron chi connectivity index (χ1n) is 3.81. The average Bonchev–Trinajstić information content (AvgIpc) is 2.20. The Labute approximate surface area is 80.4 Å². The van der Waals surface area contributed by atoms with Gasteiger partial charge in [-0.15, -0.1) is 0 Å². The van der Waals surface area contributed by atoms with Crippen molar-refractivity contribution in [3.63, 3.8) is 0 Å². The molecule has 76 valence electrons. The van der Waals surface area contributed by atoms with Crippen LogP contribution in [0.5, 0.6) is 5.75 Å². The van der Waals surface area contributed by atoms with Gasteiger partial charge in [0.25, 0.3) is 0 Å². The van der Waals surface area contributed by atoms with Gasteiger partial charge in [-0.3, -0.25) is 0 Å². The molecule has 14 heavy (non-hydrogen) atoms. The van der Waals surface area contributed by atoms with Gasteiger partial charge in [0.15, 0.2) is 5.82 Å². The van der Waals surface area contributed by atoms with E-state index in [9.17, 15) is 9.18 Å². The lowest BCUT2D eigenvalue weighted by molar-refractivity contribution is 0.0595. The number of esters is 1. The highest BCUT2D eigenvalue weighted by Crippen LogP contribution is 2.23. The van der Waals surface area contributed by atoms with E-state index in [1.165, 1.54) is 19.2 Å². The standard InChI is InChI=1S/C9H10FNO3/c1-13-5-3-6(9(12)14-2)8(10)7(11)4-5/h3-4H,11H2,1-2H3. The van der Waals surface area contributed by atoms with Crippen molar-refractivity contribution >= 4 is 11.7 Å². The highest BCUT2D eigenvalue weighted by atomic mass is 19.1. The van der Waals surface area contributed by atoms with Gasteiger partial charge in [0.1, 0.15) is 11.3 Å². The molecule has 0 saturated heterocycles. The second-order valence-corrected chi connectivity index (χ2v) is 2.57. The summed E-state index contributed by atoms with van der Waals surface area (Å²) in [5.41, 5.74) is 4.95. The molecule has 0 aliphatic carbocycles. The van der Waals surface area contributed by atoms with Crippen molar-refractivity contribution in [2.24, 2.45) is 0 Å². The van der Waals surface area contributed by atoms with Crippen LogP contribution in [-0.2, 0) is 4.74 Å². The number of carbonyl (C=O) groups is 1. The van der Waals surface area contributed by atoms with E-state index in [1.54, 1.807) is 0 Å². The molecule has 0 spiro atoms. The third-order valence-electron chi connectivity index (χ3n) is 1.72. The van der Waals surface area contributed by atoms with Gasteiger partial charge in [-0.25, -0.2) is 9.18 Å². The van der Waals surface area contributed by atoms with E-state index in [2.05, 4.69) is 4.74 Å². The predicted molar refractivity (Wildman–Crippen MR) is 48.7 cm³/mol. The van der Waals surface area contributed by atoms with Gasteiger partial charge in [-0.1, -0.05) is 0 Å². The lowest BCUT2D eigenvalue weighted by atomic mass is 10.1. The van der Waals surface area contributed by atoms with Crippen LogP contribution in [0.2, 0.25) is 0 Å². The second-order valence-electron chi connectivity index (χ2n) is 2.57. The van der Waals surface area contributed by atoms with Gasteiger partial charge >= 0.3 is 5.97 Å². The monoisotopic (exact) mass is 199 g/mol. The molecule has 4 nitrogen and oxygen atoms in total. The molecule has 1 aromatic rings. The summed E-state index contributed by atoms with van der Waals surface area (Å²) in [6, 6.07) is 2.53. The maximum Gasteiger partial charge on any atom is 0.341 e. The van der Waals surface area contributed by atoms with Crippen LogP contribution in [0.3, 0.4) is 0 Å². The zero-order chi connectivity index (χ0) is 10.7. The molecule has 0 radical (unpaired) electrons. The number of carbonyl (C=O) groups excluding carboxylic acids is 1. The summed E-state index contributed by atoms with van der Waals surface area (Å²) in [7, 11) is 2.56. The van der Waals surface area contributed by atoms with Crippen molar-refractivity contribution in [1.29, 1.82) is 0 Å². The summed E-state index contributed by atoms with van der Waals surface area (Å²) in [6.07, 6.45) is 0. The fourth-order valence-corrected chi connectivity index (χ4v) is 0.996. The molecule has 2 N–H and O–H groups in total. The Morgan fingerprint density at radius 2 is 2.07 bits per heavy atom. The Balaban J connectivity index is 3.27. The Morgan fingerprint density at radius 3 is 2.57 bits per heavy atom. The number of halogens is 1. The molecule has 0 aliphatic heterocycles. The number of rotatable bonds is 2. The molecule has 0 bridgehead atoms. The average molecular weight is 199 g/mol. The highest BCUT2D eigenvalue weighted by molar-refractivity contribution is 5.91. The van der Waals surface area contributed by atoms with Crippen molar-refractivity contribution in [1.82, 2.24) is 0 Å². The quantitative estimate of drug-likeness (QED) is 0.574. The van der Waals surface area contributed by atoms with Crippen molar-refractivity contribution < 1.29 is 18.7 Å². The van der Waals surface area contributed by atoms with E-state index in [1.807, 2.05) is 0 Å². The smallest absolute Gasteiger partial charge is 0.341 e. The molecule has 0 unspecified atom stereocenters. The van der Waals surface area contributed by atoms with Gasteiger partial charge < -0.3 is 15.2 Å². The molecule has 0 fully saturated rings. The number of methoxy groups -OCH3 is 2. The van der Waals surface area contributed by atoms with Gasteiger partial charge in [0, 0.05) is 6.07 Å². The molecule has 0 aromatic heterocycles. The van der Waals surface area contributed by atoms with E-state index < -0.39 is 11.8 Å². The van der Waals surface area contributed by atoms with Crippen LogP contribution in [-0.4, -0.2) is 20.2 Å². The van der Waals surface area contributed by atoms with Crippen LogP contribution in [0.1, 0.15) is 10.4 Å². The number of anilines is 1. The Kier molecular flexibility index (Phi) is 2.91. The fourth-order valence-electron chi connectivity index (χ4n) is 0.996. The lowest BCUT2D eigenvalue weighted by Crippen LogP contribution is -2.07. The number of ether oxygens (including phenoxy) is 2. The molecule has 5 heteroatoms. The highest BCUT2D eigenvalue weighted by Gasteiger charge is 2.16. The first-order valence-corrected chi connectivity index (χ1v) is 3.81. The van der Waals surface area contributed by atoms with Crippen LogP contribution in [0.25, 0.3) is 0 Å². The summed E-state index contributed by atoms with van der Waals surface area (Å²) in [6.45, 7) is 0. The molecular formula is C9H10FNO3. The first kappa shape index (κ1) is 10.3. The van der Waals surface area contributed by atoms with Crippen molar-refractivity contribution in [3.8, 4) is 5.75 Å². The molecular weight excluding hydrogens is 189 g/mol. The third kappa shape index (κ3) is 1.76. The lowest BCUT2D eigenvalue weighted by Gasteiger charge is -2.06. The van der Waals surface area contributed by atoms with E-state index in [0.29, 0.717) is 5.75 Å². The second kappa shape index (κ2) is 3.95. The number of hydrogen-bond acceptors (Lipinski definition) is 4. The van der Waals surface area contributed by atoms with Gasteiger partial charge in [0.05, 0.1) is 19.9 Å². The topological polar surface area (TPSA) is 61.5 Å². The summed E-state index contributed by atoms with van der Waals surface area (Å²) in [5.74, 6) is -1.27. The van der Waals surface area contributed by atoms with Crippen LogP contribution < -0.4 is 10.5 Å². The molecule has 0 heterocycles. The zero-order valence-electron chi connectivity index (χ0n) is 7.83. The molecule has 1 rings (SSSR count). The molecule has 0 amide bonds. The van der Waals surface area contributed by atoms with Crippen molar-refractivity contribution in [2.75, 3.05) is 20.0 Å². The Morgan fingerprint density at radius 1 is 1.43 bits per heavy atom. The van der Waals surface area contributed by atoms with Crippen LogP contribution in [0.4, 0.5) is 10.1 Å². The van der Waals surface area contributed by atoms with Crippen LogP contribution in [0.15, 0.2) is 12.1 Å². The SMILES string of the molecule is COC(=O)c1cc(OC)cc(N)c1F. The summed E-state index contributed by atoms with van der Waals surface area (Å²) >= 11 is 0. The van der Waals surface area contributed by atoms with Gasteiger partial charge in [-0.2, -0.15) is 0 Å². The minimum Gasteiger partial charge on any atom is -0.497 e. The molecule has 0 aliphatic rings. The van der Waals surface area contributed by atoms with Gasteiger partial charge in [0.2, 0.25) is 0 Å². The maximum absolute atomic E-state index is 13.3. The maximum atomic E-state index is 13.3. The summed E-state index contributed by atoms with van der Waals surface area (Å²) in [5, 5.41) is 0. The van der Waals surface area contributed by atoms with Crippen LogP contribution in [0, 0.1) is 5.82 Å². The molecule has 0 saturated carbocycles. The first-order chi connectivity index (χ1) is 6.60. The molecule has 1 aromatic carbocycles. The summed E-state index contributed by atoms with van der Waals surface area (Å²) in [4.78, 5) is 11.1. The van der Waals surface area contributed by atoms with E-state index >= 15 is 0 Å². The number of benzene rings is 1. The van der Waals surface area contributed by atoms with Crippen LogP contribution >= 0.6 is 0 Å². The number of nitrogen functional groups attached to an aromatic ring is 1. The van der Waals surface area contributed by atoms with E-state index in [-0.39, 0.29) is 11.3 Å². The Hall–Kier alpha value is -1.78. The number of hydrogen-bond donors (Lipinski definition) is 1. The Bertz CT molecular complexity index is 365. The minimum atomic E-state index is -0.794. The minimum absolute atomic E-state index is 0.148. The largest absolute Gasteiger partial charge is 0.497 e. The van der Waals surface area contributed by atoms with E-state index in [4.69, 9.17) is 10.5 Å². The third-order valence-corrected chi connectivity index (χ3v) is 1.72. The predicted octanol–water partition coefficient (Wildman–Crippen LogP) is 1.20. The summed E-state index contributed by atoms with van der Waals surface area (Å²) < 4.78 is 22.5. The van der Waals surface area contributed by atoms with Crippen molar-refractivity contribution in [2.45, 2.75) is 0 Å². The zero-order valence-corrected chi connectivity index (χ0v) is 7.83. The van der Waals surface area contributed by atoms with Gasteiger partial charge in [-0.05, 0) is 6.07 Å².